The van der Waals surface area contributed by atoms with Crippen LogP contribution in [0.5, 0.6) is 0 Å². The summed E-state index contributed by atoms with van der Waals surface area (Å²) in [5.74, 6) is -1.03. The number of carboxylic acids is 1. The van der Waals surface area contributed by atoms with Crippen LogP contribution in [0.2, 0.25) is 0 Å². The molecule has 2 aromatic rings. The van der Waals surface area contributed by atoms with Gasteiger partial charge in [-0.3, -0.25) is 0 Å². The predicted molar refractivity (Wildman–Crippen MR) is 101 cm³/mol. The molecule has 7 heteroatoms. The Hall–Kier alpha value is -2.54. The van der Waals surface area contributed by atoms with Crippen LogP contribution in [0.15, 0.2) is 54.6 Å². The second-order valence-corrected chi connectivity index (χ2v) is 7.17. The highest BCUT2D eigenvalue weighted by atomic mass is 19.4. The molecule has 0 spiro atoms. The van der Waals surface area contributed by atoms with Crippen molar-refractivity contribution in [1.29, 1.82) is 0 Å². The number of anilines is 1. The Balaban J connectivity index is 1.64. The first-order valence-corrected chi connectivity index (χ1v) is 9.24. The van der Waals surface area contributed by atoms with Crippen LogP contribution in [-0.4, -0.2) is 41.1 Å². The van der Waals surface area contributed by atoms with Gasteiger partial charge in [0.1, 0.15) is 5.54 Å². The van der Waals surface area contributed by atoms with Crippen LogP contribution in [0, 0.1) is 0 Å². The lowest BCUT2D eigenvalue weighted by atomic mass is 9.87. The fourth-order valence-electron chi connectivity index (χ4n) is 3.53. The fraction of sp³-hybridized carbons (Fsp3) is 0.381. The molecule has 1 aliphatic heterocycles. The molecule has 1 heterocycles. The lowest BCUT2D eigenvalue weighted by Crippen LogP contribution is -2.54. The van der Waals surface area contributed by atoms with E-state index >= 15 is 0 Å². The SMILES string of the molecule is O=C(O)C1(Nc2cccc(C(F)(F)F)c2)CCN(CCc2ccccc2)CC1. The fourth-order valence-corrected chi connectivity index (χ4v) is 3.53. The predicted octanol–water partition coefficient (Wildman–Crippen LogP) is 4.28. The highest BCUT2D eigenvalue weighted by Gasteiger charge is 2.42. The second-order valence-electron chi connectivity index (χ2n) is 7.17. The van der Waals surface area contributed by atoms with E-state index in [1.165, 1.54) is 17.7 Å². The molecule has 2 aromatic carbocycles. The van der Waals surface area contributed by atoms with E-state index in [9.17, 15) is 23.1 Å². The molecule has 0 bridgehead atoms. The number of rotatable bonds is 6. The Labute approximate surface area is 162 Å². The molecular weight excluding hydrogens is 369 g/mol. The molecule has 150 valence electrons. The topological polar surface area (TPSA) is 52.6 Å². The third-order valence-electron chi connectivity index (χ3n) is 5.25. The van der Waals surface area contributed by atoms with Gasteiger partial charge in [0.2, 0.25) is 0 Å². The molecule has 2 N–H and O–H groups in total. The molecule has 4 nitrogen and oxygen atoms in total. The van der Waals surface area contributed by atoms with Gasteiger partial charge in [-0.25, -0.2) is 4.79 Å². The molecule has 3 rings (SSSR count). The first kappa shape index (κ1) is 20.2. The summed E-state index contributed by atoms with van der Waals surface area (Å²) in [7, 11) is 0. The van der Waals surface area contributed by atoms with Crippen molar-refractivity contribution in [2.75, 3.05) is 25.0 Å². The number of nitrogens with one attached hydrogen (secondary N) is 1. The van der Waals surface area contributed by atoms with Crippen LogP contribution in [0.1, 0.15) is 24.0 Å². The highest BCUT2D eigenvalue weighted by Crippen LogP contribution is 2.33. The quantitative estimate of drug-likeness (QED) is 0.771. The van der Waals surface area contributed by atoms with E-state index in [0.29, 0.717) is 25.9 Å². The summed E-state index contributed by atoms with van der Waals surface area (Å²) in [6.45, 7) is 1.97. The zero-order chi connectivity index (χ0) is 20.2. The molecule has 0 amide bonds. The first-order valence-electron chi connectivity index (χ1n) is 9.24. The van der Waals surface area contributed by atoms with E-state index in [-0.39, 0.29) is 5.69 Å². The summed E-state index contributed by atoms with van der Waals surface area (Å²) in [4.78, 5) is 14.1. The third kappa shape index (κ3) is 4.84. The number of hydrogen-bond acceptors (Lipinski definition) is 3. The number of halogens is 3. The zero-order valence-corrected chi connectivity index (χ0v) is 15.4. The maximum atomic E-state index is 12.9. The molecule has 28 heavy (non-hydrogen) atoms. The number of likely N-dealkylation sites (tertiary alicyclic amines) is 1. The lowest BCUT2D eigenvalue weighted by molar-refractivity contribution is -0.144. The summed E-state index contributed by atoms with van der Waals surface area (Å²) in [5, 5.41) is 12.6. The smallest absolute Gasteiger partial charge is 0.416 e. The minimum Gasteiger partial charge on any atom is -0.480 e. The van der Waals surface area contributed by atoms with Gasteiger partial charge in [-0.1, -0.05) is 36.4 Å². The number of hydrogen-bond donors (Lipinski definition) is 2. The Morgan fingerprint density at radius 3 is 2.36 bits per heavy atom. The van der Waals surface area contributed by atoms with E-state index in [1.54, 1.807) is 0 Å². The molecular formula is C21H23F3N2O2. The summed E-state index contributed by atoms with van der Waals surface area (Å²) in [5.41, 5.74) is -0.652. The number of piperidine rings is 1. The molecule has 0 aromatic heterocycles. The molecule has 1 saturated heterocycles. The second kappa shape index (κ2) is 8.22. The summed E-state index contributed by atoms with van der Waals surface area (Å²) < 4.78 is 38.8. The third-order valence-corrected chi connectivity index (χ3v) is 5.25. The van der Waals surface area contributed by atoms with Crippen molar-refractivity contribution in [3.63, 3.8) is 0 Å². The number of aliphatic carboxylic acids is 1. The maximum Gasteiger partial charge on any atom is 0.416 e. The van der Waals surface area contributed by atoms with Crippen molar-refractivity contribution in [1.82, 2.24) is 4.90 Å². The molecule has 0 radical (unpaired) electrons. The van der Waals surface area contributed by atoms with Crippen molar-refractivity contribution in [2.24, 2.45) is 0 Å². The minimum atomic E-state index is -4.46. The van der Waals surface area contributed by atoms with Crippen molar-refractivity contribution >= 4 is 11.7 Å². The normalized spacial score (nSPS) is 17.2. The number of nitrogens with zero attached hydrogens (tertiary/aromatic N) is 1. The summed E-state index contributed by atoms with van der Waals surface area (Å²) in [6, 6.07) is 14.8. The largest absolute Gasteiger partial charge is 0.480 e. The van der Waals surface area contributed by atoms with Crippen LogP contribution in [0.25, 0.3) is 0 Å². The highest BCUT2D eigenvalue weighted by molar-refractivity contribution is 5.83. The van der Waals surface area contributed by atoms with Crippen LogP contribution in [0.3, 0.4) is 0 Å². The molecule has 0 aliphatic carbocycles. The van der Waals surface area contributed by atoms with Crippen LogP contribution in [0.4, 0.5) is 18.9 Å². The van der Waals surface area contributed by atoms with E-state index in [2.05, 4.69) is 22.3 Å². The molecule has 0 unspecified atom stereocenters. The molecule has 1 fully saturated rings. The van der Waals surface area contributed by atoms with Gasteiger partial charge in [0.05, 0.1) is 5.56 Å². The van der Waals surface area contributed by atoms with Crippen LogP contribution in [-0.2, 0) is 17.4 Å². The van der Waals surface area contributed by atoms with E-state index < -0.39 is 23.2 Å². The maximum absolute atomic E-state index is 12.9. The summed E-state index contributed by atoms with van der Waals surface area (Å²) in [6.07, 6.45) is -2.93. The molecule has 0 atom stereocenters. The van der Waals surface area contributed by atoms with Gasteiger partial charge < -0.3 is 15.3 Å². The Morgan fingerprint density at radius 1 is 1.07 bits per heavy atom. The van der Waals surface area contributed by atoms with Crippen molar-refractivity contribution in [3.05, 3.63) is 65.7 Å². The van der Waals surface area contributed by atoms with Gasteiger partial charge in [0.15, 0.2) is 0 Å². The van der Waals surface area contributed by atoms with Gasteiger partial charge in [0, 0.05) is 25.3 Å². The number of benzene rings is 2. The number of carboxylic acid groups (broad SMARTS) is 1. The molecule has 1 aliphatic rings. The van der Waals surface area contributed by atoms with Crippen LogP contribution >= 0.6 is 0 Å². The van der Waals surface area contributed by atoms with E-state index in [0.717, 1.165) is 25.1 Å². The van der Waals surface area contributed by atoms with Crippen LogP contribution < -0.4 is 5.32 Å². The Bertz CT molecular complexity index is 801. The van der Waals surface area contributed by atoms with Gasteiger partial charge in [-0.2, -0.15) is 13.2 Å². The first-order chi connectivity index (χ1) is 13.3. The van der Waals surface area contributed by atoms with Gasteiger partial charge in [-0.05, 0) is 43.0 Å². The zero-order valence-electron chi connectivity index (χ0n) is 15.4. The van der Waals surface area contributed by atoms with Crippen molar-refractivity contribution in [3.8, 4) is 0 Å². The molecule has 0 saturated carbocycles. The van der Waals surface area contributed by atoms with Gasteiger partial charge in [0.25, 0.3) is 0 Å². The monoisotopic (exact) mass is 392 g/mol. The number of carbonyl (C=O) groups is 1. The Kier molecular flexibility index (Phi) is 5.93. The average molecular weight is 392 g/mol. The lowest BCUT2D eigenvalue weighted by Gasteiger charge is -2.40. The van der Waals surface area contributed by atoms with Crippen molar-refractivity contribution < 1.29 is 23.1 Å². The van der Waals surface area contributed by atoms with Crippen molar-refractivity contribution in [2.45, 2.75) is 31.0 Å². The summed E-state index contributed by atoms with van der Waals surface area (Å²) >= 11 is 0. The average Bonchev–Trinajstić information content (AvgIpc) is 2.68. The van der Waals surface area contributed by atoms with Gasteiger partial charge >= 0.3 is 12.1 Å². The van der Waals surface area contributed by atoms with E-state index in [1.807, 2.05) is 18.2 Å². The minimum absolute atomic E-state index is 0.176. The van der Waals surface area contributed by atoms with Gasteiger partial charge in [-0.15, -0.1) is 0 Å². The Morgan fingerprint density at radius 2 is 1.75 bits per heavy atom. The number of alkyl halides is 3. The van der Waals surface area contributed by atoms with E-state index in [4.69, 9.17) is 0 Å². The standard InChI is InChI=1S/C21H23F3N2O2/c22-21(23,24)17-7-4-8-18(15-17)25-20(19(27)28)10-13-26(14-11-20)12-9-16-5-2-1-3-6-16/h1-8,15,25H,9-14H2,(H,27,28).